The van der Waals surface area contributed by atoms with Crippen LogP contribution in [0.3, 0.4) is 0 Å². The third kappa shape index (κ3) is 2.37. The summed E-state index contributed by atoms with van der Waals surface area (Å²) in [6, 6.07) is 17.3. The first-order chi connectivity index (χ1) is 14.1. The summed E-state index contributed by atoms with van der Waals surface area (Å²) in [4.78, 5) is 15.2. The molecule has 146 valence electrons. The smallest absolute Gasteiger partial charge is 0.178 e. The molecule has 3 heterocycles. The number of halogens is 1. The van der Waals surface area contributed by atoms with E-state index in [1.807, 2.05) is 0 Å². The van der Waals surface area contributed by atoms with E-state index in [0.717, 1.165) is 29.0 Å². The number of rotatable bonds is 1. The van der Waals surface area contributed by atoms with Gasteiger partial charge in [0.2, 0.25) is 0 Å². The Kier molecular flexibility index (Phi) is 3.64. The van der Waals surface area contributed by atoms with E-state index in [-0.39, 0.29) is 11.6 Å². The maximum Gasteiger partial charge on any atom is 0.178 e. The highest BCUT2D eigenvalue weighted by molar-refractivity contribution is 9.10. The van der Waals surface area contributed by atoms with E-state index in [2.05, 4.69) is 88.1 Å². The lowest BCUT2D eigenvalue weighted by molar-refractivity contribution is 0.449. The summed E-state index contributed by atoms with van der Waals surface area (Å²) in [5, 5.41) is 0. The SMILES string of the molecule is CC1(C)c2ccc(Br)cc2N2c3nc4c(nc3N(c3ccccc3)C21)CCCC4. The zero-order valence-corrected chi connectivity index (χ0v) is 18.3. The van der Waals surface area contributed by atoms with E-state index < -0.39 is 0 Å². The van der Waals surface area contributed by atoms with Gasteiger partial charge >= 0.3 is 0 Å². The van der Waals surface area contributed by atoms with Crippen molar-refractivity contribution in [2.45, 2.75) is 51.1 Å². The highest BCUT2D eigenvalue weighted by atomic mass is 79.9. The molecule has 2 aromatic carbocycles. The van der Waals surface area contributed by atoms with Crippen LogP contribution in [0, 0.1) is 0 Å². The molecule has 0 radical (unpaired) electrons. The monoisotopic (exact) mass is 446 g/mol. The van der Waals surface area contributed by atoms with Crippen molar-refractivity contribution < 1.29 is 0 Å². The van der Waals surface area contributed by atoms with Crippen molar-refractivity contribution in [3.8, 4) is 0 Å². The largest absolute Gasteiger partial charge is 0.301 e. The molecule has 0 bridgehead atoms. The van der Waals surface area contributed by atoms with Gasteiger partial charge in [-0.1, -0.05) is 54.0 Å². The fourth-order valence-electron chi connectivity index (χ4n) is 5.27. The van der Waals surface area contributed by atoms with E-state index in [4.69, 9.17) is 9.97 Å². The predicted octanol–water partition coefficient (Wildman–Crippen LogP) is 6.03. The molecule has 2 aliphatic heterocycles. The molecule has 0 saturated heterocycles. The first-order valence-electron chi connectivity index (χ1n) is 10.4. The third-order valence-corrected chi connectivity index (χ3v) is 7.12. The summed E-state index contributed by atoms with van der Waals surface area (Å²) in [6.45, 7) is 4.68. The van der Waals surface area contributed by atoms with E-state index >= 15 is 0 Å². The first-order valence-corrected chi connectivity index (χ1v) is 11.2. The Balaban J connectivity index is 1.64. The summed E-state index contributed by atoms with van der Waals surface area (Å²) < 4.78 is 1.10. The Morgan fingerprint density at radius 2 is 1.55 bits per heavy atom. The summed E-state index contributed by atoms with van der Waals surface area (Å²) in [5.74, 6) is 2.00. The number of hydrogen-bond acceptors (Lipinski definition) is 4. The van der Waals surface area contributed by atoms with Crippen LogP contribution in [0.25, 0.3) is 0 Å². The maximum atomic E-state index is 5.21. The van der Waals surface area contributed by atoms with Crippen molar-refractivity contribution in [2.24, 2.45) is 0 Å². The fraction of sp³-hybridized carbons (Fsp3) is 0.333. The lowest BCUT2D eigenvalue weighted by Crippen LogP contribution is -2.46. The van der Waals surface area contributed by atoms with Gasteiger partial charge in [0, 0.05) is 21.3 Å². The Bertz CT molecular complexity index is 1130. The summed E-state index contributed by atoms with van der Waals surface area (Å²) in [6.07, 6.45) is 4.61. The van der Waals surface area contributed by atoms with Crippen molar-refractivity contribution in [3.05, 3.63) is 70.0 Å². The second-order valence-electron chi connectivity index (χ2n) is 8.80. The van der Waals surface area contributed by atoms with Crippen molar-refractivity contribution >= 4 is 38.9 Å². The maximum absolute atomic E-state index is 5.21. The van der Waals surface area contributed by atoms with Gasteiger partial charge in [0.25, 0.3) is 0 Å². The molecule has 0 spiro atoms. The molecule has 6 rings (SSSR count). The fourth-order valence-corrected chi connectivity index (χ4v) is 5.62. The normalized spacial score (nSPS) is 20.9. The third-order valence-electron chi connectivity index (χ3n) is 6.63. The molecule has 1 aromatic heterocycles. The number of anilines is 4. The van der Waals surface area contributed by atoms with E-state index in [1.165, 1.54) is 41.2 Å². The molecule has 29 heavy (non-hydrogen) atoms. The summed E-state index contributed by atoms with van der Waals surface area (Å²) in [5.41, 5.74) is 6.06. The predicted molar refractivity (Wildman–Crippen MR) is 120 cm³/mol. The molecule has 0 amide bonds. The van der Waals surface area contributed by atoms with E-state index in [0.29, 0.717) is 0 Å². The lowest BCUT2D eigenvalue weighted by Gasteiger charge is -2.36. The van der Waals surface area contributed by atoms with Crippen LogP contribution in [-0.2, 0) is 18.3 Å². The van der Waals surface area contributed by atoms with Gasteiger partial charge in [0.15, 0.2) is 11.6 Å². The van der Waals surface area contributed by atoms with Crippen molar-refractivity contribution in [2.75, 3.05) is 9.80 Å². The van der Waals surface area contributed by atoms with Crippen molar-refractivity contribution in [3.63, 3.8) is 0 Å². The Hall–Kier alpha value is -2.40. The van der Waals surface area contributed by atoms with Crippen molar-refractivity contribution in [1.29, 1.82) is 0 Å². The van der Waals surface area contributed by atoms with Crippen LogP contribution in [0.4, 0.5) is 23.0 Å². The number of aromatic nitrogens is 2. The van der Waals surface area contributed by atoms with Gasteiger partial charge in [0.1, 0.15) is 6.17 Å². The van der Waals surface area contributed by atoms with E-state index in [1.54, 1.807) is 0 Å². The minimum Gasteiger partial charge on any atom is -0.301 e. The number of para-hydroxylation sites is 1. The highest BCUT2D eigenvalue weighted by Crippen LogP contribution is 2.58. The molecule has 3 aromatic rings. The number of aryl methyl sites for hydroxylation is 2. The Morgan fingerprint density at radius 1 is 0.897 bits per heavy atom. The quantitative estimate of drug-likeness (QED) is 0.456. The molecular formula is C24H23BrN4. The zero-order valence-electron chi connectivity index (χ0n) is 16.7. The Morgan fingerprint density at radius 3 is 2.24 bits per heavy atom. The molecular weight excluding hydrogens is 424 g/mol. The first kappa shape index (κ1) is 17.5. The molecule has 3 aliphatic rings. The molecule has 1 aliphatic carbocycles. The highest BCUT2D eigenvalue weighted by Gasteiger charge is 2.55. The van der Waals surface area contributed by atoms with Crippen LogP contribution in [0.2, 0.25) is 0 Å². The van der Waals surface area contributed by atoms with Gasteiger partial charge in [-0.15, -0.1) is 0 Å². The average molecular weight is 447 g/mol. The van der Waals surface area contributed by atoms with Crippen LogP contribution in [-0.4, -0.2) is 16.1 Å². The Labute approximate surface area is 179 Å². The molecule has 1 atom stereocenters. The molecule has 5 heteroatoms. The van der Waals surface area contributed by atoms with Gasteiger partial charge in [0.05, 0.1) is 11.4 Å². The molecule has 0 N–H and O–H groups in total. The number of fused-ring (bicyclic) bond motifs is 6. The second-order valence-corrected chi connectivity index (χ2v) is 9.72. The van der Waals surface area contributed by atoms with Gasteiger partial charge in [-0.05, 0) is 55.5 Å². The topological polar surface area (TPSA) is 32.3 Å². The minimum absolute atomic E-state index is 0.0746. The van der Waals surface area contributed by atoms with Crippen LogP contribution in [0.15, 0.2) is 53.0 Å². The van der Waals surface area contributed by atoms with Crippen LogP contribution >= 0.6 is 15.9 Å². The standard InChI is InChI=1S/C24H23BrN4/c1-24(2)17-13-12-15(25)14-20(17)29-22-21(26-18-10-6-7-11-19(18)27-22)28(23(24)29)16-8-4-3-5-9-16/h3-5,8-9,12-14,23H,6-7,10-11H2,1-2H3. The average Bonchev–Trinajstić information content (AvgIpc) is 3.17. The molecule has 0 saturated carbocycles. The van der Waals surface area contributed by atoms with Crippen LogP contribution < -0.4 is 9.80 Å². The van der Waals surface area contributed by atoms with Crippen LogP contribution in [0.1, 0.15) is 43.6 Å². The van der Waals surface area contributed by atoms with Gasteiger partial charge in [-0.3, -0.25) is 0 Å². The number of benzene rings is 2. The van der Waals surface area contributed by atoms with Gasteiger partial charge < -0.3 is 9.80 Å². The zero-order chi connectivity index (χ0) is 19.8. The molecule has 1 unspecified atom stereocenters. The van der Waals surface area contributed by atoms with E-state index in [9.17, 15) is 0 Å². The number of hydrogen-bond donors (Lipinski definition) is 0. The van der Waals surface area contributed by atoms with Crippen molar-refractivity contribution in [1.82, 2.24) is 9.97 Å². The molecule has 4 nitrogen and oxygen atoms in total. The summed E-state index contributed by atoms with van der Waals surface area (Å²) in [7, 11) is 0. The second kappa shape index (κ2) is 6.05. The summed E-state index contributed by atoms with van der Waals surface area (Å²) >= 11 is 3.68. The lowest BCUT2D eigenvalue weighted by atomic mass is 9.83. The van der Waals surface area contributed by atoms with Gasteiger partial charge in [-0.2, -0.15) is 0 Å². The number of nitrogens with zero attached hydrogens (tertiary/aromatic N) is 4. The van der Waals surface area contributed by atoms with Gasteiger partial charge in [-0.25, -0.2) is 9.97 Å². The molecule has 0 fully saturated rings. The minimum atomic E-state index is -0.0746. The van der Waals surface area contributed by atoms with Crippen LogP contribution in [0.5, 0.6) is 0 Å².